The summed E-state index contributed by atoms with van der Waals surface area (Å²) in [5.41, 5.74) is 0.772. The summed E-state index contributed by atoms with van der Waals surface area (Å²) in [7, 11) is 0. The van der Waals surface area contributed by atoms with Gasteiger partial charge in [-0.1, -0.05) is 15.9 Å². The summed E-state index contributed by atoms with van der Waals surface area (Å²) in [5, 5.41) is 0.539. The number of hydrogen-bond acceptors (Lipinski definition) is 2. The number of rotatable bonds is 5. The van der Waals surface area contributed by atoms with E-state index in [-0.39, 0.29) is 5.82 Å². The highest BCUT2D eigenvalue weighted by Crippen LogP contribution is 2.28. The standard InChI is InChI=1S/C15H14BrFO2/c1-2-18-13-4-6-14(7-5-13)19-15-8-3-12(17)9-11(15)10-16/h3-9H,2,10H2,1H3. The summed E-state index contributed by atoms with van der Waals surface area (Å²) in [6.07, 6.45) is 0. The van der Waals surface area contributed by atoms with E-state index in [9.17, 15) is 4.39 Å². The van der Waals surface area contributed by atoms with Crippen molar-refractivity contribution in [2.24, 2.45) is 0 Å². The van der Waals surface area contributed by atoms with Gasteiger partial charge in [0.15, 0.2) is 0 Å². The minimum atomic E-state index is -0.270. The molecule has 0 saturated carbocycles. The van der Waals surface area contributed by atoms with Gasteiger partial charge in [-0.15, -0.1) is 0 Å². The Morgan fingerprint density at radius 2 is 1.74 bits per heavy atom. The third-order valence-corrected chi connectivity index (χ3v) is 3.13. The molecule has 0 N–H and O–H groups in total. The van der Waals surface area contributed by atoms with Crippen molar-refractivity contribution in [2.45, 2.75) is 12.3 Å². The van der Waals surface area contributed by atoms with Crippen LogP contribution in [0.4, 0.5) is 4.39 Å². The molecule has 0 aliphatic carbocycles. The van der Waals surface area contributed by atoms with Crippen molar-refractivity contribution in [3.63, 3.8) is 0 Å². The minimum absolute atomic E-state index is 0.270. The predicted molar refractivity (Wildman–Crippen MR) is 76.7 cm³/mol. The third-order valence-electron chi connectivity index (χ3n) is 2.53. The second-order valence-corrected chi connectivity index (χ2v) is 4.45. The van der Waals surface area contributed by atoms with Crippen LogP contribution in [0.25, 0.3) is 0 Å². The number of benzene rings is 2. The van der Waals surface area contributed by atoms with Gasteiger partial charge < -0.3 is 9.47 Å². The molecule has 100 valence electrons. The fourth-order valence-electron chi connectivity index (χ4n) is 1.65. The van der Waals surface area contributed by atoms with Crippen LogP contribution in [0.1, 0.15) is 12.5 Å². The van der Waals surface area contributed by atoms with Gasteiger partial charge in [0.25, 0.3) is 0 Å². The molecule has 0 bridgehead atoms. The molecule has 0 fully saturated rings. The lowest BCUT2D eigenvalue weighted by atomic mass is 10.2. The SMILES string of the molecule is CCOc1ccc(Oc2ccc(F)cc2CBr)cc1. The van der Waals surface area contributed by atoms with Gasteiger partial charge in [-0.2, -0.15) is 0 Å². The second-order valence-electron chi connectivity index (χ2n) is 3.89. The molecule has 0 unspecified atom stereocenters. The largest absolute Gasteiger partial charge is 0.494 e. The quantitative estimate of drug-likeness (QED) is 0.727. The Morgan fingerprint density at radius 3 is 2.37 bits per heavy atom. The van der Waals surface area contributed by atoms with Crippen LogP contribution in [0.3, 0.4) is 0 Å². The number of ether oxygens (including phenoxy) is 2. The van der Waals surface area contributed by atoms with E-state index in [2.05, 4.69) is 15.9 Å². The topological polar surface area (TPSA) is 18.5 Å². The van der Waals surface area contributed by atoms with Crippen LogP contribution in [0.15, 0.2) is 42.5 Å². The first-order valence-electron chi connectivity index (χ1n) is 5.98. The molecule has 0 atom stereocenters. The molecule has 0 radical (unpaired) electrons. The molecule has 2 aromatic carbocycles. The summed E-state index contributed by atoms with van der Waals surface area (Å²) in [6.45, 7) is 2.57. The average Bonchev–Trinajstić information content (AvgIpc) is 2.43. The maximum atomic E-state index is 13.1. The Bertz CT molecular complexity index is 540. The first-order chi connectivity index (χ1) is 9.22. The van der Waals surface area contributed by atoms with Gasteiger partial charge in [0, 0.05) is 10.9 Å². The van der Waals surface area contributed by atoms with E-state index < -0.39 is 0 Å². The molecule has 2 rings (SSSR count). The molecule has 0 spiro atoms. The highest BCUT2D eigenvalue weighted by atomic mass is 79.9. The van der Waals surface area contributed by atoms with E-state index in [1.54, 1.807) is 6.07 Å². The summed E-state index contributed by atoms with van der Waals surface area (Å²) in [6, 6.07) is 11.8. The highest BCUT2D eigenvalue weighted by molar-refractivity contribution is 9.08. The molecule has 0 amide bonds. The van der Waals surface area contributed by atoms with E-state index in [4.69, 9.17) is 9.47 Å². The predicted octanol–water partition coefficient (Wildman–Crippen LogP) is 4.91. The molecule has 2 nitrogen and oxygen atoms in total. The minimum Gasteiger partial charge on any atom is -0.494 e. The maximum Gasteiger partial charge on any atom is 0.131 e. The third kappa shape index (κ3) is 3.70. The van der Waals surface area contributed by atoms with Crippen LogP contribution in [-0.2, 0) is 5.33 Å². The van der Waals surface area contributed by atoms with Crippen molar-refractivity contribution in [3.05, 3.63) is 53.8 Å². The fourth-order valence-corrected chi connectivity index (χ4v) is 2.09. The van der Waals surface area contributed by atoms with Gasteiger partial charge in [0.1, 0.15) is 23.1 Å². The van der Waals surface area contributed by atoms with Gasteiger partial charge in [-0.3, -0.25) is 0 Å². The van der Waals surface area contributed by atoms with E-state index >= 15 is 0 Å². The van der Waals surface area contributed by atoms with Gasteiger partial charge >= 0.3 is 0 Å². The Balaban J connectivity index is 2.16. The van der Waals surface area contributed by atoms with Crippen molar-refractivity contribution in [1.82, 2.24) is 0 Å². The zero-order valence-electron chi connectivity index (χ0n) is 10.5. The first-order valence-corrected chi connectivity index (χ1v) is 7.10. The molecule has 0 aliphatic heterocycles. The molecule has 19 heavy (non-hydrogen) atoms. The van der Waals surface area contributed by atoms with Crippen LogP contribution >= 0.6 is 15.9 Å². The van der Waals surface area contributed by atoms with E-state index in [0.29, 0.717) is 23.4 Å². The van der Waals surface area contributed by atoms with Crippen molar-refractivity contribution in [2.75, 3.05) is 6.61 Å². The molecule has 4 heteroatoms. The van der Waals surface area contributed by atoms with Crippen molar-refractivity contribution in [1.29, 1.82) is 0 Å². The summed E-state index contributed by atoms with van der Waals surface area (Å²) < 4.78 is 24.2. The fraction of sp³-hybridized carbons (Fsp3) is 0.200. The molecular weight excluding hydrogens is 311 g/mol. The highest BCUT2D eigenvalue weighted by Gasteiger charge is 2.06. The molecule has 0 heterocycles. The Morgan fingerprint density at radius 1 is 1.05 bits per heavy atom. The van der Waals surface area contributed by atoms with Crippen molar-refractivity contribution < 1.29 is 13.9 Å². The molecule has 0 aromatic heterocycles. The lowest BCUT2D eigenvalue weighted by Gasteiger charge is -2.10. The average molecular weight is 325 g/mol. The van der Waals surface area contributed by atoms with Crippen LogP contribution in [0.2, 0.25) is 0 Å². The van der Waals surface area contributed by atoms with Crippen LogP contribution in [-0.4, -0.2) is 6.61 Å². The zero-order valence-corrected chi connectivity index (χ0v) is 12.1. The summed E-state index contributed by atoms with van der Waals surface area (Å²) in [4.78, 5) is 0. The van der Waals surface area contributed by atoms with Gasteiger partial charge in [0.2, 0.25) is 0 Å². The van der Waals surface area contributed by atoms with Gasteiger partial charge in [-0.25, -0.2) is 4.39 Å². The number of alkyl halides is 1. The van der Waals surface area contributed by atoms with Crippen LogP contribution < -0.4 is 9.47 Å². The van der Waals surface area contributed by atoms with Gasteiger partial charge in [0.05, 0.1) is 6.61 Å². The summed E-state index contributed by atoms with van der Waals surface area (Å²) >= 11 is 3.32. The van der Waals surface area contributed by atoms with E-state index in [0.717, 1.165) is 11.3 Å². The zero-order chi connectivity index (χ0) is 13.7. The van der Waals surface area contributed by atoms with Crippen LogP contribution in [0.5, 0.6) is 17.2 Å². The smallest absolute Gasteiger partial charge is 0.131 e. The summed E-state index contributed by atoms with van der Waals surface area (Å²) in [5.74, 6) is 1.86. The second kappa shape index (κ2) is 6.57. The maximum absolute atomic E-state index is 13.1. The molecule has 0 aliphatic rings. The Hall–Kier alpha value is -1.55. The van der Waals surface area contributed by atoms with E-state index in [1.807, 2.05) is 31.2 Å². The molecular formula is C15H14BrFO2. The van der Waals surface area contributed by atoms with Gasteiger partial charge in [-0.05, 0) is 49.4 Å². The first kappa shape index (κ1) is 13.9. The Kier molecular flexibility index (Phi) is 4.80. The van der Waals surface area contributed by atoms with Crippen molar-refractivity contribution >= 4 is 15.9 Å². The lowest BCUT2D eigenvalue weighted by Crippen LogP contribution is -1.92. The van der Waals surface area contributed by atoms with E-state index in [1.165, 1.54) is 12.1 Å². The monoisotopic (exact) mass is 324 g/mol. The number of hydrogen-bond donors (Lipinski definition) is 0. The van der Waals surface area contributed by atoms with Crippen molar-refractivity contribution in [3.8, 4) is 17.2 Å². The Labute approximate surface area is 120 Å². The molecule has 2 aromatic rings. The normalized spacial score (nSPS) is 10.3. The number of halogens is 2. The van der Waals surface area contributed by atoms with Crippen LogP contribution in [0, 0.1) is 5.82 Å². The lowest BCUT2D eigenvalue weighted by molar-refractivity contribution is 0.339. The molecule has 0 saturated heterocycles.